The summed E-state index contributed by atoms with van der Waals surface area (Å²) >= 11 is 0. The van der Waals surface area contributed by atoms with Gasteiger partial charge in [0.05, 0.1) is 0 Å². The van der Waals surface area contributed by atoms with Crippen molar-refractivity contribution in [1.82, 2.24) is 0 Å². The monoisotopic (exact) mass is 285 g/mol. The zero-order valence-corrected chi connectivity index (χ0v) is 7.88. The van der Waals surface area contributed by atoms with Crippen LogP contribution < -0.4 is 0 Å². The molecule has 0 aromatic heterocycles. The summed E-state index contributed by atoms with van der Waals surface area (Å²) in [5.74, 6) is 0. The second kappa shape index (κ2) is 629. The van der Waals surface area contributed by atoms with Gasteiger partial charge in [-0.3, -0.25) is 0 Å². The molecule has 57 valence electrons. The molecular formula is C4H16IrN2-6. The van der Waals surface area contributed by atoms with E-state index in [0.717, 1.165) is 0 Å². The molecular weight excluding hydrogens is 268 g/mol. The molecule has 3 heteroatoms. The minimum absolute atomic E-state index is 0. The molecule has 0 fully saturated rings. The normalized spacial score (nSPS) is 0. The molecule has 0 atom stereocenters. The molecule has 0 unspecified atom stereocenters. The van der Waals surface area contributed by atoms with Crippen LogP contribution in [0.25, 0.3) is 12.3 Å². The van der Waals surface area contributed by atoms with E-state index in [1.807, 2.05) is 0 Å². The predicted molar refractivity (Wildman–Crippen MR) is 36.2 cm³/mol. The van der Waals surface area contributed by atoms with Crippen molar-refractivity contribution < 1.29 is 20.1 Å². The standard InChI is InChI=1S/4CH3.Ir.2H2N/h4*1H3;;2*1H2/q4*-1;;2*-1. The van der Waals surface area contributed by atoms with Crippen molar-refractivity contribution >= 4 is 0 Å². The maximum Gasteiger partial charge on any atom is 0 e. The maximum atomic E-state index is 0. The molecule has 0 saturated heterocycles. The Kier molecular flexibility index (Phi) is 90500. The first-order valence-corrected chi connectivity index (χ1v) is 0. The third kappa shape index (κ3) is 423. The van der Waals surface area contributed by atoms with Crippen LogP contribution in [0, 0.1) is 29.7 Å². The van der Waals surface area contributed by atoms with Crippen LogP contribution in [0.1, 0.15) is 0 Å². The van der Waals surface area contributed by atoms with E-state index < -0.39 is 0 Å². The van der Waals surface area contributed by atoms with Crippen molar-refractivity contribution in [3.8, 4) is 0 Å². The summed E-state index contributed by atoms with van der Waals surface area (Å²) in [6, 6.07) is 0. The summed E-state index contributed by atoms with van der Waals surface area (Å²) in [6.07, 6.45) is 0. The fraction of sp³-hybridized carbons (Fsp3) is 0. The Morgan fingerprint density at radius 2 is 0.429 bits per heavy atom. The van der Waals surface area contributed by atoms with Crippen LogP contribution >= 0.6 is 0 Å². The van der Waals surface area contributed by atoms with Gasteiger partial charge >= 0.3 is 0 Å². The van der Waals surface area contributed by atoms with Crippen LogP contribution in [0.5, 0.6) is 0 Å². The van der Waals surface area contributed by atoms with E-state index >= 15 is 0 Å². The van der Waals surface area contributed by atoms with E-state index in [-0.39, 0.29) is 62.1 Å². The van der Waals surface area contributed by atoms with Gasteiger partial charge in [0.25, 0.3) is 0 Å². The largest absolute Gasteiger partial charge is 0.693 e. The topological polar surface area (TPSA) is 67.0 Å². The fourth-order valence-electron chi connectivity index (χ4n) is 0. The van der Waals surface area contributed by atoms with Gasteiger partial charge in [0.15, 0.2) is 0 Å². The first-order chi connectivity index (χ1) is 0. The molecule has 0 spiro atoms. The van der Waals surface area contributed by atoms with E-state index in [2.05, 4.69) is 0 Å². The van der Waals surface area contributed by atoms with E-state index in [0.29, 0.717) is 0 Å². The molecule has 0 aliphatic rings. The Labute approximate surface area is 62.6 Å². The maximum absolute atomic E-state index is 0. The molecule has 0 saturated carbocycles. The van der Waals surface area contributed by atoms with Gasteiger partial charge in [-0.15, -0.1) is 0 Å². The summed E-state index contributed by atoms with van der Waals surface area (Å²) in [6.45, 7) is 0. The van der Waals surface area contributed by atoms with E-state index in [9.17, 15) is 0 Å². The van der Waals surface area contributed by atoms with E-state index in [4.69, 9.17) is 0 Å². The van der Waals surface area contributed by atoms with Crippen molar-refractivity contribution in [2.45, 2.75) is 0 Å². The molecule has 4 N–H and O–H groups in total. The Hall–Kier alpha value is 0.569. The molecule has 2 nitrogen and oxygen atoms in total. The first kappa shape index (κ1) is 1010. The SMILES string of the molecule is [CH3-].[CH3-].[CH3-].[CH3-].[Ir].[NH2-].[NH2-]. The molecule has 1 radical (unpaired) electrons. The van der Waals surface area contributed by atoms with Gasteiger partial charge in [0, 0.05) is 20.1 Å². The van der Waals surface area contributed by atoms with Crippen molar-refractivity contribution in [3.05, 3.63) is 42.0 Å². The summed E-state index contributed by atoms with van der Waals surface area (Å²) in [4.78, 5) is 0. The molecule has 0 bridgehead atoms. The summed E-state index contributed by atoms with van der Waals surface area (Å²) < 4.78 is 0. The van der Waals surface area contributed by atoms with Gasteiger partial charge in [0.2, 0.25) is 0 Å². The molecule has 0 aliphatic heterocycles. The second-order valence-corrected chi connectivity index (χ2v) is 0. The summed E-state index contributed by atoms with van der Waals surface area (Å²) in [5.41, 5.74) is 0. The zero-order chi connectivity index (χ0) is 0. The van der Waals surface area contributed by atoms with Crippen LogP contribution in [-0.2, 0) is 20.1 Å². The van der Waals surface area contributed by atoms with Crippen molar-refractivity contribution in [2.75, 3.05) is 0 Å². The van der Waals surface area contributed by atoms with Crippen molar-refractivity contribution in [2.24, 2.45) is 0 Å². The Morgan fingerprint density at radius 3 is 0.429 bits per heavy atom. The molecule has 0 heterocycles. The summed E-state index contributed by atoms with van der Waals surface area (Å²) in [7, 11) is 0. The minimum atomic E-state index is 0. The summed E-state index contributed by atoms with van der Waals surface area (Å²) in [5, 5.41) is 0. The Bertz CT molecular complexity index is 9.65. The van der Waals surface area contributed by atoms with Gasteiger partial charge in [-0.05, 0) is 0 Å². The Morgan fingerprint density at radius 1 is 0.429 bits per heavy atom. The third-order valence-electron chi connectivity index (χ3n) is 0. The number of hydrogen-bond donors (Lipinski definition) is 0. The molecule has 0 amide bonds. The van der Waals surface area contributed by atoms with E-state index in [1.165, 1.54) is 0 Å². The predicted octanol–water partition coefficient (Wildman–Crippen LogP) is 3.23. The smallest absolute Gasteiger partial charge is 0 e. The zero-order valence-electron chi connectivity index (χ0n) is 5.49. The molecule has 0 rings (SSSR count). The van der Waals surface area contributed by atoms with Gasteiger partial charge in [0.1, 0.15) is 0 Å². The second-order valence-electron chi connectivity index (χ2n) is 0. The van der Waals surface area contributed by atoms with Gasteiger partial charge in [-0.1, -0.05) is 0 Å². The quantitative estimate of drug-likeness (QED) is 0.613. The van der Waals surface area contributed by atoms with Crippen LogP contribution in [0.4, 0.5) is 0 Å². The first-order valence-electron chi connectivity index (χ1n) is 0. The Balaban J connectivity index is 0. The van der Waals surface area contributed by atoms with Crippen LogP contribution in [0.15, 0.2) is 0 Å². The number of nitrogens with two attached hydrogens (primary N) is 2. The van der Waals surface area contributed by atoms with Crippen molar-refractivity contribution in [1.29, 1.82) is 0 Å². The molecule has 0 aromatic carbocycles. The number of hydrogen-bond acceptors (Lipinski definition) is 0. The number of rotatable bonds is 0. The minimum Gasteiger partial charge on any atom is -0.693 e. The van der Waals surface area contributed by atoms with Crippen molar-refractivity contribution in [3.63, 3.8) is 0 Å². The molecule has 0 aliphatic carbocycles. The van der Waals surface area contributed by atoms with Crippen LogP contribution in [-0.4, -0.2) is 0 Å². The molecule has 7 heavy (non-hydrogen) atoms. The average molecular weight is 284 g/mol. The van der Waals surface area contributed by atoms with Gasteiger partial charge < -0.3 is 42.0 Å². The van der Waals surface area contributed by atoms with Gasteiger partial charge in [-0.25, -0.2) is 0 Å². The van der Waals surface area contributed by atoms with Crippen LogP contribution in [0.2, 0.25) is 0 Å². The van der Waals surface area contributed by atoms with E-state index in [1.54, 1.807) is 0 Å². The van der Waals surface area contributed by atoms with Gasteiger partial charge in [-0.2, -0.15) is 0 Å². The van der Waals surface area contributed by atoms with Crippen LogP contribution in [0.3, 0.4) is 0 Å². The third-order valence-corrected chi connectivity index (χ3v) is 0. The molecule has 0 aromatic rings. The average Bonchev–Trinajstić information content (AvgIpc) is 0. The fourth-order valence-corrected chi connectivity index (χ4v) is 0.